The number of anilines is 1. The van der Waals surface area contributed by atoms with Crippen LogP contribution in [0.5, 0.6) is 5.75 Å². The molecular formula is C14H13N3O. The molecule has 90 valence electrons. The Morgan fingerprint density at radius 1 is 1.17 bits per heavy atom. The molecule has 0 fully saturated rings. The molecule has 4 heteroatoms. The summed E-state index contributed by atoms with van der Waals surface area (Å²) in [4.78, 5) is 0. The van der Waals surface area contributed by atoms with E-state index in [-0.39, 0.29) is 5.75 Å². The maximum atomic E-state index is 9.57. The summed E-state index contributed by atoms with van der Waals surface area (Å²) >= 11 is 0. The highest BCUT2D eigenvalue weighted by molar-refractivity contribution is 5.94. The molecule has 0 atom stereocenters. The van der Waals surface area contributed by atoms with E-state index in [1.54, 1.807) is 16.8 Å². The van der Waals surface area contributed by atoms with Gasteiger partial charge in [-0.1, -0.05) is 12.1 Å². The minimum absolute atomic E-state index is 0.247. The van der Waals surface area contributed by atoms with Crippen molar-refractivity contribution in [1.82, 2.24) is 9.78 Å². The van der Waals surface area contributed by atoms with Crippen molar-refractivity contribution in [3.05, 3.63) is 42.5 Å². The Morgan fingerprint density at radius 3 is 2.78 bits per heavy atom. The topological polar surface area (TPSA) is 64.1 Å². The third-order valence-electron chi connectivity index (χ3n) is 2.98. The van der Waals surface area contributed by atoms with Gasteiger partial charge in [0.15, 0.2) is 0 Å². The molecule has 0 radical (unpaired) electrons. The Balaban J connectivity index is 2.32. The van der Waals surface area contributed by atoms with Crippen LogP contribution in [0.4, 0.5) is 5.69 Å². The largest absolute Gasteiger partial charge is 0.508 e. The van der Waals surface area contributed by atoms with Gasteiger partial charge in [-0.15, -0.1) is 0 Å². The maximum absolute atomic E-state index is 9.57. The van der Waals surface area contributed by atoms with Crippen molar-refractivity contribution >= 4 is 16.6 Å². The van der Waals surface area contributed by atoms with Gasteiger partial charge in [0.2, 0.25) is 0 Å². The van der Waals surface area contributed by atoms with Gasteiger partial charge in [0.05, 0.1) is 11.2 Å². The summed E-state index contributed by atoms with van der Waals surface area (Å²) < 4.78 is 1.80. The highest BCUT2D eigenvalue weighted by Gasteiger charge is 2.11. The second-order valence-electron chi connectivity index (χ2n) is 4.30. The molecule has 0 aliphatic carbocycles. The number of phenolic OH excluding ortho intramolecular Hbond substituents is 1. The summed E-state index contributed by atoms with van der Waals surface area (Å²) in [5.41, 5.74) is 9.22. The molecule has 0 aliphatic heterocycles. The van der Waals surface area contributed by atoms with Crippen LogP contribution in [0, 0.1) is 0 Å². The standard InChI is InChI=1S/C14H13N3O/c1-17-14(9-3-2-4-11(18)7-9)12-6-5-10(15)8-13(12)16-17/h2-8,18H,15H2,1H3. The molecule has 1 aromatic heterocycles. The van der Waals surface area contributed by atoms with Crippen LogP contribution in [0.3, 0.4) is 0 Å². The summed E-state index contributed by atoms with van der Waals surface area (Å²) in [5, 5.41) is 15.0. The fourth-order valence-electron chi connectivity index (χ4n) is 2.21. The van der Waals surface area contributed by atoms with Crippen LogP contribution in [0.1, 0.15) is 0 Å². The van der Waals surface area contributed by atoms with E-state index in [0.717, 1.165) is 22.2 Å². The highest BCUT2D eigenvalue weighted by Crippen LogP contribution is 2.30. The Hall–Kier alpha value is -2.49. The van der Waals surface area contributed by atoms with Gasteiger partial charge in [0.1, 0.15) is 5.75 Å². The number of fused-ring (bicyclic) bond motifs is 1. The predicted molar refractivity (Wildman–Crippen MR) is 72.2 cm³/mol. The molecule has 2 aromatic carbocycles. The second kappa shape index (κ2) is 3.77. The number of aromatic nitrogens is 2. The van der Waals surface area contributed by atoms with Gasteiger partial charge in [0.25, 0.3) is 0 Å². The highest BCUT2D eigenvalue weighted by atomic mass is 16.3. The van der Waals surface area contributed by atoms with Crippen molar-refractivity contribution in [3.8, 4) is 17.0 Å². The maximum Gasteiger partial charge on any atom is 0.116 e. The first kappa shape index (κ1) is 10.7. The smallest absolute Gasteiger partial charge is 0.116 e. The van der Waals surface area contributed by atoms with Crippen LogP contribution >= 0.6 is 0 Å². The first-order chi connectivity index (χ1) is 8.65. The van der Waals surface area contributed by atoms with E-state index in [0.29, 0.717) is 5.69 Å². The SMILES string of the molecule is Cn1nc2cc(N)ccc2c1-c1cccc(O)c1. The van der Waals surface area contributed by atoms with E-state index in [9.17, 15) is 5.11 Å². The number of hydrogen-bond donors (Lipinski definition) is 2. The molecule has 3 N–H and O–H groups in total. The van der Waals surface area contributed by atoms with E-state index in [4.69, 9.17) is 5.73 Å². The summed E-state index contributed by atoms with van der Waals surface area (Å²) in [7, 11) is 1.88. The van der Waals surface area contributed by atoms with Gasteiger partial charge >= 0.3 is 0 Å². The van der Waals surface area contributed by atoms with Crippen LogP contribution in [-0.4, -0.2) is 14.9 Å². The number of nitrogens with zero attached hydrogens (tertiary/aromatic N) is 2. The van der Waals surface area contributed by atoms with Crippen LogP contribution in [0.2, 0.25) is 0 Å². The number of rotatable bonds is 1. The number of phenols is 1. The van der Waals surface area contributed by atoms with Crippen molar-refractivity contribution in [2.75, 3.05) is 5.73 Å². The van der Waals surface area contributed by atoms with Crippen molar-refractivity contribution in [3.63, 3.8) is 0 Å². The number of nitrogen functional groups attached to an aromatic ring is 1. The molecule has 3 aromatic rings. The number of benzene rings is 2. The Kier molecular flexibility index (Phi) is 2.23. The van der Waals surface area contributed by atoms with Crippen molar-refractivity contribution in [2.24, 2.45) is 7.05 Å². The third-order valence-corrected chi connectivity index (χ3v) is 2.98. The molecule has 3 rings (SSSR count). The summed E-state index contributed by atoms with van der Waals surface area (Å²) in [6, 6.07) is 12.8. The van der Waals surface area contributed by atoms with Gasteiger partial charge in [-0.3, -0.25) is 4.68 Å². The van der Waals surface area contributed by atoms with Crippen LogP contribution in [-0.2, 0) is 7.05 Å². The molecule has 0 aliphatic rings. The van der Waals surface area contributed by atoms with Crippen molar-refractivity contribution in [1.29, 1.82) is 0 Å². The zero-order valence-corrected chi connectivity index (χ0v) is 9.96. The van der Waals surface area contributed by atoms with Crippen LogP contribution in [0.25, 0.3) is 22.2 Å². The molecule has 0 spiro atoms. The zero-order chi connectivity index (χ0) is 12.7. The van der Waals surface area contributed by atoms with Crippen LogP contribution in [0.15, 0.2) is 42.5 Å². The quantitative estimate of drug-likeness (QED) is 0.641. The second-order valence-corrected chi connectivity index (χ2v) is 4.30. The van der Waals surface area contributed by atoms with E-state index >= 15 is 0 Å². The van der Waals surface area contributed by atoms with Gasteiger partial charge in [-0.2, -0.15) is 5.10 Å². The fraction of sp³-hybridized carbons (Fsp3) is 0.0714. The minimum atomic E-state index is 0.247. The van der Waals surface area contributed by atoms with Gasteiger partial charge in [-0.05, 0) is 30.3 Å². The molecule has 0 amide bonds. The lowest BCUT2D eigenvalue weighted by Crippen LogP contribution is -1.93. The molecule has 0 unspecified atom stereocenters. The monoisotopic (exact) mass is 239 g/mol. The zero-order valence-electron chi connectivity index (χ0n) is 9.96. The average molecular weight is 239 g/mol. The lowest BCUT2D eigenvalue weighted by atomic mass is 10.1. The number of aryl methyl sites for hydroxylation is 1. The molecule has 0 saturated heterocycles. The van der Waals surface area contributed by atoms with E-state index in [1.165, 1.54) is 0 Å². The number of hydrogen-bond acceptors (Lipinski definition) is 3. The fourth-order valence-corrected chi connectivity index (χ4v) is 2.21. The summed E-state index contributed by atoms with van der Waals surface area (Å²) in [6.45, 7) is 0. The van der Waals surface area contributed by atoms with Crippen molar-refractivity contribution < 1.29 is 5.11 Å². The predicted octanol–water partition coefficient (Wildman–Crippen LogP) is 2.53. The minimum Gasteiger partial charge on any atom is -0.508 e. The lowest BCUT2D eigenvalue weighted by molar-refractivity contribution is 0.475. The van der Waals surface area contributed by atoms with Gasteiger partial charge in [0, 0.05) is 23.7 Å². The molecule has 18 heavy (non-hydrogen) atoms. The Labute approximate surface area is 104 Å². The third kappa shape index (κ3) is 1.59. The molecule has 1 heterocycles. The first-order valence-electron chi connectivity index (χ1n) is 5.67. The summed E-state index contributed by atoms with van der Waals surface area (Å²) in [5.74, 6) is 0.247. The van der Waals surface area contributed by atoms with Gasteiger partial charge in [-0.25, -0.2) is 0 Å². The lowest BCUT2D eigenvalue weighted by Gasteiger charge is -2.03. The van der Waals surface area contributed by atoms with Gasteiger partial charge < -0.3 is 10.8 Å². The molecule has 0 bridgehead atoms. The number of nitrogens with two attached hydrogens (primary N) is 1. The molecule has 0 saturated carbocycles. The Bertz CT molecular complexity index is 731. The molecule has 4 nitrogen and oxygen atoms in total. The van der Waals surface area contributed by atoms with E-state index in [2.05, 4.69) is 5.10 Å². The average Bonchev–Trinajstić information content (AvgIpc) is 2.64. The normalized spacial score (nSPS) is 10.9. The summed E-state index contributed by atoms with van der Waals surface area (Å²) in [6.07, 6.45) is 0. The van der Waals surface area contributed by atoms with Crippen LogP contribution < -0.4 is 5.73 Å². The van der Waals surface area contributed by atoms with E-state index in [1.807, 2.05) is 37.4 Å². The Morgan fingerprint density at radius 2 is 2.00 bits per heavy atom. The van der Waals surface area contributed by atoms with Crippen molar-refractivity contribution in [2.45, 2.75) is 0 Å². The molecular weight excluding hydrogens is 226 g/mol. The number of aromatic hydroxyl groups is 1. The van der Waals surface area contributed by atoms with E-state index < -0.39 is 0 Å². The first-order valence-corrected chi connectivity index (χ1v) is 5.67.